The molecule has 0 unspecified atom stereocenters. The summed E-state index contributed by atoms with van der Waals surface area (Å²) in [6.07, 6.45) is 5.68. The zero-order chi connectivity index (χ0) is 12.2. The van der Waals surface area contributed by atoms with Gasteiger partial charge in [-0.15, -0.1) is 0 Å². The van der Waals surface area contributed by atoms with Gasteiger partial charge in [-0.3, -0.25) is 0 Å². The number of nitrogens with one attached hydrogen (secondary N) is 2. The summed E-state index contributed by atoms with van der Waals surface area (Å²) in [6, 6.07) is 0. The van der Waals surface area contributed by atoms with E-state index in [0.717, 1.165) is 24.9 Å². The van der Waals surface area contributed by atoms with Gasteiger partial charge in [0.05, 0.1) is 0 Å². The minimum absolute atomic E-state index is 1.01. The van der Waals surface area contributed by atoms with Crippen LogP contribution in [0.5, 0.6) is 0 Å². The Hall–Kier alpha value is -0.160. The van der Waals surface area contributed by atoms with Crippen LogP contribution in [0.2, 0.25) is 0 Å². The molecule has 0 spiro atoms. The second-order valence-corrected chi connectivity index (χ2v) is 6.08. The molecular weight excluding hydrogens is 224 g/mol. The summed E-state index contributed by atoms with van der Waals surface area (Å²) in [5, 5.41) is 12.1. The molecule has 104 valence electrons. The van der Waals surface area contributed by atoms with E-state index < -0.39 is 0 Å². The minimum atomic E-state index is 1.01. The zero-order valence-electron chi connectivity index (χ0n) is 11.5. The number of rotatable bonds is 2. The minimum Gasteiger partial charge on any atom is -0.317 e. The van der Waals surface area contributed by atoms with Crippen LogP contribution in [0.3, 0.4) is 0 Å². The maximum Gasteiger partial charge on any atom is 0.0259 e. The van der Waals surface area contributed by atoms with Gasteiger partial charge in [0.15, 0.2) is 0 Å². The first-order valence-corrected chi connectivity index (χ1v) is 7.85. The number of piperidine rings is 2. The van der Waals surface area contributed by atoms with Gasteiger partial charge in [-0.05, 0) is 50.6 Å². The van der Waals surface area contributed by atoms with Crippen molar-refractivity contribution < 1.29 is 0 Å². The Balaban J connectivity index is 1.45. The zero-order valence-corrected chi connectivity index (χ0v) is 11.5. The lowest BCUT2D eigenvalue weighted by Gasteiger charge is -2.43. The SMILES string of the molecule is C1CC(C2CCN(N3CCNCC3)CC2)CCN1. The maximum atomic E-state index is 3.49. The molecule has 0 aromatic rings. The average molecular weight is 252 g/mol. The van der Waals surface area contributed by atoms with Gasteiger partial charge in [0.25, 0.3) is 0 Å². The van der Waals surface area contributed by atoms with E-state index in [4.69, 9.17) is 0 Å². The normalized spacial score (nSPS) is 30.7. The molecule has 0 saturated carbocycles. The van der Waals surface area contributed by atoms with Crippen LogP contribution in [-0.4, -0.2) is 62.4 Å². The molecule has 0 aromatic heterocycles. The molecule has 4 nitrogen and oxygen atoms in total. The van der Waals surface area contributed by atoms with Gasteiger partial charge in [-0.25, -0.2) is 10.0 Å². The Morgan fingerprint density at radius 2 is 1.06 bits per heavy atom. The highest BCUT2D eigenvalue weighted by molar-refractivity contribution is 4.81. The molecule has 3 fully saturated rings. The van der Waals surface area contributed by atoms with Gasteiger partial charge < -0.3 is 10.6 Å². The molecule has 0 atom stereocenters. The highest BCUT2D eigenvalue weighted by Gasteiger charge is 2.29. The lowest BCUT2D eigenvalue weighted by Crippen LogP contribution is -2.55. The number of hydrogen-bond donors (Lipinski definition) is 2. The lowest BCUT2D eigenvalue weighted by molar-refractivity contribution is -0.0627. The van der Waals surface area contributed by atoms with Gasteiger partial charge in [0.1, 0.15) is 0 Å². The fourth-order valence-electron chi connectivity index (χ4n) is 3.89. The maximum absolute atomic E-state index is 3.49. The van der Waals surface area contributed by atoms with Crippen LogP contribution in [0.15, 0.2) is 0 Å². The quantitative estimate of drug-likeness (QED) is 0.750. The third-order valence-corrected chi connectivity index (χ3v) is 5.06. The highest BCUT2D eigenvalue weighted by Crippen LogP contribution is 2.31. The Morgan fingerprint density at radius 1 is 0.556 bits per heavy atom. The van der Waals surface area contributed by atoms with Crippen LogP contribution in [-0.2, 0) is 0 Å². The average Bonchev–Trinajstić information content (AvgIpc) is 2.49. The van der Waals surface area contributed by atoms with Crippen LogP contribution in [0.1, 0.15) is 25.7 Å². The van der Waals surface area contributed by atoms with E-state index in [-0.39, 0.29) is 0 Å². The summed E-state index contributed by atoms with van der Waals surface area (Å²) in [4.78, 5) is 0. The molecular formula is C14H28N4. The fraction of sp³-hybridized carbons (Fsp3) is 1.00. The van der Waals surface area contributed by atoms with Gasteiger partial charge >= 0.3 is 0 Å². The second-order valence-electron chi connectivity index (χ2n) is 6.08. The van der Waals surface area contributed by atoms with Gasteiger partial charge in [-0.1, -0.05) is 0 Å². The Bertz CT molecular complexity index is 212. The van der Waals surface area contributed by atoms with E-state index in [9.17, 15) is 0 Å². The smallest absolute Gasteiger partial charge is 0.0259 e. The van der Waals surface area contributed by atoms with Crippen molar-refractivity contribution in [3.8, 4) is 0 Å². The van der Waals surface area contributed by atoms with Crippen molar-refractivity contribution in [1.82, 2.24) is 20.7 Å². The summed E-state index contributed by atoms with van der Waals surface area (Å²) in [7, 11) is 0. The molecule has 18 heavy (non-hydrogen) atoms. The van der Waals surface area contributed by atoms with E-state index in [1.807, 2.05) is 0 Å². The van der Waals surface area contributed by atoms with E-state index >= 15 is 0 Å². The summed E-state index contributed by atoms with van der Waals surface area (Å²) in [6.45, 7) is 9.84. The number of nitrogens with zero attached hydrogens (tertiary/aromatic N) is 2. The first-order valence-electron chi connectivity index (χ1n) is 7.85. The van der Waals surface area contributed by atoms with Gasteiger partial charge in [-0.2, -0.15) is 0 Å². The standard InChI is InChI=1S/C14H28N4/c1-5-15-6-2-13(1)14-3-9-17(10-4-14)18-11-7-16-8-12-18/h13-16H,1-12H2. The topological polar surface area (TPSA) is 30.5 Å². The van der Waals surface area contributed by atoms with Crippen LogP contribution in [0.25, 0.3) is 0 Å². The largest absolute Gasteiger partial charge is 0.317 e. The van der Waals surface area contributed by atoms with Crippen molar-refractivity contribution >= 4 is 0 Å². The van der Waals surface area contributed by atoms with Gasteiger partial charge in [0.2, 0.25) is 0 Å². The van der Waals surface area contributed by atoms with Crippen LogP contribution in [0.4, 0.5) is 0 Å². The Labute approximate surface area is 111 Å². The Kier molecular flexibility index (Phi) is 4.52. The summed E-state index contributed by atoms with van der Waals surface area (Å²) in [5.41, 5.74) is 0. The van der Waals surface area contributed by atoms with Crippen molar-refractivity contribution in [3.05, 3.63) is 0 Å². The first-order chi connectivity index (χ1) is 8.93. The molecule has 3 saturated heterocycles. The molecule has 0 aromatic carbocycles. The number of hydrazine groups is 1. The third kappa shape index (κ3) is 3.05. The monoisotopic (exact) mass is 252 g/mol. The third-order valence-electron chi connectivity index (χ3n) is 5.06. The van der Waals surface area contributed by atoms with E-state index in [1.165, 1.54) is 65.0 Å². The van der Waals surface area contributed by atoms with Crippen molar-refractivity contribution in [2.75, 3.05) is 52.4 Å². The van der Waals surface area contributed by atoms with E-state index in [0.29, 0.717) is 0 Å². The molecule has 3 aliphatic rings. The van der Waals surface area contributed by atoms with Crippen LogP contribution < -0.4 is 10.6 Å². The highest BCUT2D eigenvalue weighted by atomic mass is 15.6. The molecule has 4 heteroatoms. The summed E-state index contributed by atoms with van der Waals surface area (Å²) < 4.78 is 0. The van der Waals surface area contributed by atoms with Crippen molar-refractivity contribution in [2.24, 2.45) is 11.8 Å². The van der Waals surface area contributed by atoms with E-state index in [1.54, 1.807) is 0 Å². The molecule has 3 aliphatic heterocycles. The van der Waals surface area contributed by atoms with Crippen molar-refractivity contribution in [1.29, 1.82) is 0 Å². The first kappa shape index (κ1) is 12.9. The lowest BCUT2D eigenvalue weighted by atomic mass is 9.79. The van der Waals surface area contributed by atoms with Crippen molar-refractivity contribution in [3.63, 3.8) is 0 Å². The predicted molar refractivity (Wildman–Crippen MR) is 74.3 cm³/mol. The summed E-state index contributed by atoms with van der Waals surface area (Å²) in [5.74, 6) is 2.02. The fourth-order valence-corrected chi connectivity index (χ4v) is 3.89. The van der Waals surface area contributed by atoms with Crippen LogP contribution >= 0.6 is 0 Å². The second kappa shape index (κ2) is 6.33. The molecule has 0 bridgehead atoms. The molecule has 0 amide bonds. The van der Waals surface area contributed by atoms with Crippen LogP contribution in [0, 0.1) is 11.8 Å². The van der Waals surface area contributed by atoms with Gasteiger partial charge in [0, 0.05) is 39.3 Å². The molecule has 2 N–H and O–H groups in total. The molecule has 0 radical (unpaired) electrons. The summed E-state index contributed by atoms with van der Waals surface area (Å²) >= 11 is 0. The number of piperazine rings is 1. The molecule has 3 heterocycles. The predicted octanol–water partition coefficient (Wildman–Crippen LogP) is 0.518. The number of hydrogen-bond acceptors (Lipinski definition) is 4. The molecule has 3 rings (SSSR count). The van der Waals surface area contributed by atoms with Crippen molar-refractivity contribution in [2.45, 2.75) is 25.7 Å². The Morgan fingerprint density at radius 3 is 1.72 bits per heavy atom. The van der Waals surface area contributed by atoms with E-state index in [2.05, 4.69) is 20.7 Å². The molecule has 0 aliphatic carbocycles.